The minimum atomic E-state index is -0.621. The van der Waals surface area contributed by atoms with Gasteiger partial charge in [0.15, 0.2) is 0 Å². The molecule has 3 rings (SSSR count). The van der Waals surface area contributed by atoms with Crippen molar-refractivity contribution in [3.63, 3.8) is 0 Å². The van der Waals surface area contributed by atoms with Gasteiger partial charge in [0.05, 0.1) is 0 Å². The molecule has 2 spiro atoms. The number of hydrogen-bond donors (Lipinski definition) is 0. The van der Waals surface area contributed by atoms with E-state index >= 15 is 0 Å². The van der Waals surface area contributed by atoms with E-state index in [2.05, 4.69) is 37.6 Å². The maximum Gasteiger partial charge on any atom is 0.349 e. The summed E-state index contributed by atoms with van der Waals surface area (Å²) < 4.78 is 0. The topological polar surface area (TPSA) is 74.2 Å². The molecule has 80 valence electrons. The Labute approximate surface area is 88.0 Å². The Kier molecular flexibility index (Phi) is 1.75. The Balaban J connectivity index is 1.53. The second-order valence-electron chi connectivity index (χ2n) is 4.34. The monoisotopic (exact) mass is 206 g/mol. The summed E-state index contributed by atoms with van der Waals surface area (Å²) in [5.41, 5.74) is -0.501. The second-order valence-corrected chi connectivity index (χ2v) is 4.34. The first-order valence-electron chi connectivity index (χ1n) is 5.63. The van der Waals surface area contributed by atoms with Gasteiger partial charge in [0.1, 0.15) is 6.04 Å². The van der Waals surface area contributed by atoms with Crippen LogP contribution in [0.1, 0.15) is 39.0 Å². The van der Waals surface area contributed by atoms with Gasteiger partial charge in [-0.15, -0.1) is 20.5 Å². The summed E-state index contributed by atoms with van der Waals surface area (Å²) in [6.07, 6.45) is 6.03. The summed E-state index contributed by atoms with van der Waals surface area (Å²) in [4.78, 5) is 0. The highest BCUT2D eigenvalue weighted by atomic mass is 15.7. The molecule has 6 heteroatoms. The molecular weight excluding hydrogens is 192 g/mol. The van der Waals surface area contributed by atoms with Gasteiger partial charge in [-0.25, -0.2) is 0 Å². The highest BCUT2D eigenvalue weighted by Crippen LogP contribution is 2.58. The molecule has 0 fully saturated rings. The Morgan fingerprint density at radius 2 is 1.73 bits per heavy atom. The number of rotatable bonds is 5. The first-order valence-corrected chi connectivity index (χ1v) is 5.63. The van der Waals surface area contributed by atoms with Crippen molar-refractivity contribution >= 4 is 0 Å². The third kappa shape index (κ3) is 1.04. The van der Waals surface area contributed by atoms with E-state index in [4.69, 9.17) is 0 Å². The van der Waals surface area contributed by atoms with Gasteiger partial charge < -0.3 is 0 Å². The van der Waals surface area contributed by atoms with Crippen LogP contribution in [0.25, 0.3) is 0 Å². The van der Waals surface area contributed by atoms with Crippen molar-refractivity contribution in [2.45, 2.75) is 56.5 Å². The number of nitrogens with zero attached hydrogens (tertiary/aromatic N) is 6. The summed E-state index contributed by atoms with van der Waals surface area (Å²) >= 11 is 0. The fourth-order valence-electron chi connectivity index (χ4n) is 2.13. The lowest BCUT2D eigenvalue weighted by atomic mass is 9.87. The molecule has 0 bridgehead atoms. The minimum absolute atomic E-state index is 0.168. The predicted molar refractivity (Wildman–Crippen MR) is 52.6 cm³/mol. The molecule has 0 amide bonds. The first kappa shape index (κ1) is 9.06. The number of hydrogen-bond acceptors (Lipinski definition) is 6. The average molecular weight is 206 g/mol. The molecule has 6 nitrogen and oxygen atoms in total. The molecule has 0 saturated heterocycles. The molecule has 3 aliphatic heterocycles. The standard InChI is InChI=1S/C9H14N6/c1-2-3-4-5-6-7-8(11-10-7)9(13-12-8)14-15-9/h7H,2-6H2,1H3. The molecule has 0 radical (unpaired) electrons. The third-order valence-corrected chi connectivity index (χ3v) is 3.27. The lowest BCUT2D eigenvalue weighted by Gasteiger charge is -2.41. The van der Waals surface area contributed by atoms with Crippen LogP contribution in [0, 0.1) is 0 Å². The molecule has 2 unspecified atom stereocenters. The maximum atomic E-state index is 4.13. The quantitative estimate of drug-likeness (QED) is 0.620. The molecule has 0 saturated carbocycles. The Morgan fingerprint density at radius 1 is 0.933 bits per heavy atom. The lowest BCUT2D eigenvalue weighted by Crippen LogP contribution is -2.59. The molecular formula is C9H14N6. The van der Waals surface area contributed by atoms with E-state index in [9.17, 15) is 0 Å². The van der Waals surface area contributed by atoms with E-state index in [1.807, 2.05) is 0 Å². The summed E-state index contributed by atoms with van der Waals surface area (Å²) in [5.74, 6) is -0.621. The van der Waals surface area contributed by atoms with Gasteiger partial charge in [0, 0.05) is 0 Å². The molecule has 2 atom stereocenters. The van der Waals surface area contributed by atoms with Crippen LogP contribution < -0.4 is 0 Å². The van der Waals surface area contributed by atoms with Crippen LogP contribution in [0.3, 0.4) is 0 Å². The smallest absolute Gasteiger partial charge is 0.183 e. The zero-order valence-electron chi connectivity index (χ0n) is 8.80. The van der Waals surface area contributed by atoms with E-state index in [1.165, 1.54) is 25.7 Å². The van der Waals surface area contributed by atoms with E-state index in [1.54, 1.807) is 0 Å². The fraction of sp³-hybridized carbons (Fsp3) is 1.00. The van der Waals surface area contributed by atoms with Crippen LogP contribution in [0.2, 0.25) is 0 Å². The van der Waals surface area contributed by atoms with Gasteiger partial charge >= 0.3 is 5.79 Å². The van der Waals surface area contributed by atoms with Gasteiger partial charge in [-0.1, -0.05) is 32.6 Å². The lowest BCUT2D eigenvalue weighted by molar-refractivity contribution is 0.103. The summed E-state index contributed by atoms with van der Waals surface area (Å²) in [7, 11) is 0. The summed E-state index contributed by atoms with van der Waals surface area (Å²) in [5, 5.41) is 24.0. The van der Waals surface area contributed by atoms with Crippen molar-refractivity contribution in [1.29, 1.82) is 0 Å². The van der Waals surface area contributed by atoms with Gasteiger partial charge in [-0.3, -0.25) is 0 Å². The Bertz CT molecular complexity index is 354. The van der Waals surface area contributed by atoms with E-state index in [0.717, 1.165) is 6.42 Å². The second kappa shape index (κ2) is 2.90. The molecule has 0 aromatic heterocycles. The van der Waals surface area contributed by atoms with Crippen LogP contribution in [-0.4, -0.2) is 17.5 Å². The highest BCUT2D eigenvalue weighted by molar-refractivity contribution is 5.24. The molecule has 15 heavy (non-hydrogen) atoms. The number of fused-ring (bicyclic) bond motifs is 1. The summed E-state index contributed by atoms with van der Waals surface area (Å²) in [6, 6.07) is 0.168. The fourth-order valence-corrected chi connectivity index (χ4v) is 2.13. The highest BCUT2D eigenvalue weighted by Gasteiger charge is 2.75. The maximum absolute atomic E-state index is 4.13. The van der Waals surface area contributed by atoms with Crippen LogP contribution in [0.15, 0.2) is 30.7 Å². The van der Waals surface area contributed by atoms with Crippen molar-refractivity contribution < 1.29 is 0 Å². The van der Waals surface area contributed by atoms with Crippen molar-refractivity contribution in [2.75, 3.05) is 0 Å². The Hall–Kier alpha value is -1.20. The van der Waals surface area contributed by atoms with E-state index < -0.39 is 11.4 Å². The van der Waals surface area contributed by atoms with Crippen LogP contribution in [0.5, 0.6) is 0 Å². The number of unbranched alkanes of at least 4 members (excludes halogenated alkanes) is 3. The zero-order chi connectivity index (χ0) is 10.4. The first-order chi connectivity index (χ1) is 7.33. The van der Waals surface area contributed by atoms with Gasteiger partial charge in [-0.2, -0.15) is 10.2 Å². The molecule has 0 aliphatic carbocycles. The van der Waals surface area contributed by atoms with Crippen molar-refractivity contribution in [3.8, 4) is 0 Å². The van der Waals surface area contributed by atoms with E-state index in [0.29, 0.717) is 0 Å². The molecule has 3 heterocycles. The van der Waals surface area contributed by atoms with Crippen molar-refractivity contribution in [2.24, 2.45) is 30.7 Å². The van der Waals surface area contributed by atoms with Crippen molar-refractivity contribution in [1.82, 2.24) is 0 Å². The van der Waals surface area contributed by atoms with Gasteiger partial charge in [0.2, 0.25) is 0 Å². The largest absolute Gasteiger partial charge is 0.349 e. The van der Waals surface area contributed by atoms with Crippen LogP contribution in [0.4, 0.5) is 0 Å². The molecule has 0 N–H and O–H groups in total. The zero-order valence-corrected chi connectivity index (χ0v) is 8.80. The summed E-state index contributed by atoms with van der Waals surface area (Å²) in [6.45, 7) is 2.21. The van der Waals surface area contributed by atoms with Crippen LogP contribution in [-0.2, 0) is 0 Å². The minimum Gasteiger partial charge on any atom is -0.183 e. The molecule has 3 aliphatic rings. The molecule has 0 aromatic carbocycles. The molecule has 0 aromatic rings. The Morgan fingerprint density at radius 3 is 2.20 bits per heavy atom. The predicted octanol–water partition coefficient (Wildman–Crippen LogP) is 3.07. The van der Waals surface area contributed by atoms with E-state index in [-0.39, 0.29) is 6.04 Å². The number of azo groups is 2. The normalized spacial score (nSPS) is 37.0. The SMILES string of the molecule is CCCCCCC1N=NC12N=NC21N=N1. The van der Waals surface area contributed by atoms with Crippen molar-refractivity contribution in [3.05, 3.63) is 0 Å². The van der Waals surface area contributed by atoms with Gasteiger partial charge in [0.25, 0.3) is 5.66 Å². The van der Waals surface area contributed by atoms with Crippen LogP contribution >= 0.6 is 0 Å². The third-order valence-electron chi connectivity index (χ3n) is 3.27. The van der Waals surface area contributed by atoms with Gasteiger partial charge in [-0.05, 0) is 6.42 Å². The average Bonchev–Trinajstić information content (AvgIpc) is 2.96.